The highest BCUT2D eigenvalue weighted by atomic mass is 79.9. The molecule has 0 atom stereocenters. The van der Waals surface area contributed by atoms with Crippen LogP contribution in [0.5, 0.6) is 0 Å². The van der Waals surface area contributed by atoms with Gasteiger partial charge in [-0.15, -0.1) is 0 Å². The number of anilines is 1. The number of halogens is 4. The van der Waals surface area contributed by atoms with E-state index in [2.05, 4.69) is 53.1 Å². The number of nitrogens with one attached hydrogen (secondary N) is 1. The summed E-state index contributed by atoms with van der Waals surface area (Å²) in [7, 11) is 0. The maximum Gasteiger partial charge on any atom is 0.256 e. The average Bonchev–Trinajstić information content (AvgIpc) is 2.33. The molecular weight excluding hydrogens is 445 g/mol. The molecule has 19 heavy (non-hydrogen) atoms. The highest BCUT2D eigenvalue weighted by molar-refractivity contribution is 9.11. The molecule has 0 saturated carbocycles. The Morgan fingerprint density at radius 3 is 2.21 bits per heavy atom. The molecule has 0 radical (unpaired) electrons. The standard InChI is InChI=1S/C13H7Br3FNO/c14-9-2-1-3-10(15)12(9)18-13(19)8-5-4-7(17)6-11(8)16/h1-6H,(H,18,19). The molecular formula is C13H7Br3FNO. The van der Waals surface area contributed by atoms with Crippen molar-refractivity contribution in [2.24, 2.45) is 0 Å². The number of carbonyl (C=O) groups excluding carboxylic acids is 1. The molecule has 2 aromatic rings. The molecule has 0 aliphatic heterocycles. The van der Waals surface area contributed by atoms with Crippen molar-refractivity contribution < 1.29 is 9.18 Å². The molecule has 2 rings (SSSR count). The van der Waals surface area contributed by atoms with Gasteiger partial charge in [-0.3, -0.25) is 4.79 Å². The zero-order chi connectivity index (χ0) is 14.0. The SMILES string of the molecule is O=C(Nc1c(Br)cccc1Br)c1ccc(F)cc1Br. The summed E-state index contributed by atoms with van der Waals surface area (Å²) in [6.45, 7) is 0. The van der Waals surface area contributed by atoms with Gasteiger partial charge in [-0.25, -0.2) is 4.39 Å². The second-order valence-corrected chi connectivity index (χ2v) is 6.24. The van der Waals surface area contributed by atoms with Crippen LogP contribution in [0.3, 0.4) is 0 Å². The Kier molecular flexibility index (Phi) is 4.76. The number of amides is 1. The van der Waals surface area contributed by atoms with Crippen LogP contribution >= 0.6 is 47.8 Å². The van der Waals surface area contributed by atoms with Crippen molar-refractivity contribution in [1.29, 1.82) is 0 Å². The maximum atomic E-state index is 13.0. The largest absolute Gasteiger partial charge is 0.320 e. The summed E-state index contributed by atoms with van der Waals surface area (Å²) in [5, 5.41) is 2.77. The lowest BCUT2D eigenvalue weighted by molar-refractivity contribution is 0.102. The average molecular weight is 452 g/mol. The first-order chi connectivity index (χ1) is 8.99. The van der Waals surface area contributed by atoms with Crippen LogP contribution in [-0.2, 0) is 0 Å². The number of carbonyl (C=O) groups is 1. The molecule has 2 nitrogen and oxygen atoms in total. The molecule has 0 aliphatic rings. The van der Waals surface area contributed by atoms with Gasteiger partial charge in [0, 0.05) is 13.4 Å². The van der Waals surface area contributed by atoms with Crippen molar-refractivity contribution in [3.63, 3.8) is 0 Å². The fourth-order valence-corrected chi connectivity index (χ4v) is 3.20. The number of rotatable bonds is 2. The van der Waals surface area contributed by atoms with Gasteiger partial charge in [0.05, 0.1) is 11.3 Å². The minimum Gasteiger partial charge on any atom is -0.320 e. The van der Waals surface area contributed by atoms with Crippen LogP contribution in [0.1, 0.15) is 10.4 Å². The van der Waals surface area contributed by atoms with Crippen LogP contribution in [0, 0.1) is 5.82 Å². The van der Waals surface area contributed by atoms with Crippen LogP contribution in [0.15, 0.2) is 49.8 Å². The van der Waals surface area contributed by atoms with Crippen LogP contribution < -0.4 is 5.32 Å². The molecule has 0 heterocycles. The van der Waals surface area contributed by atoms with E-state index in [1.807, 2.05) is 18.2 Å². The van der Waals surface area contributed by atoms with E-state index in [1.165, 1.54) is 18.2 Å². The summed E-state index contributed by atoms with van der Waals surface area (Å²) < 4.78 is 14.9. The third kappa shape index (κ3) is 3.43. The number of para-hydroxylation sites is 1. The van der Waals surface area contributed by atoms with Crippen molar-refractivity contribution in [2.75, 3.05) is 5.32 Å². The normalized spacial score (nSPS) is 10.3. The molecule has 2 aromatic carbocycles. The topological polar surface area (TPSA) is 29.1 Å². The van der Waals surface area contributed by atoms with Crippen LogP contribution in [0.2, 0.25) is 0 Å². The molecule has 98 valence electrons. The molecule has 0 fully saturated rings. The number of hydrogen-bond donors (Lipinski definition) is 1. The van der Waals surface area contributed by atoms with Crippen molar-refractivity contribution in [2.45, 2.75) is 0 Å². The van der Waals surface area contributed by atoms with E-state index in [4.69, 9.17) is 0 Å². The summed E-state index contributed by atoms with van der Waals surface area (Å²) >= 11 is 9.90. The van der Waals surface area contributed by atoms with E-state index in [0.717, 1.165) is 8.95 Å². The van der Waals surface area contributed by atoms with Crippen molar-refractivity contribution in [3.8, 4) is 0 Å². The predicted molar refractivity (Wildman–Crippen MR) is 83.9 cm³/mol. The Bertz CT molecular complexity index is 626. The van der Waals surface area contributed by atoms with Crippen molar-refractivity contribution >= 4 is 59.4 Å². The van der Waals surface area contributed by atoms with E-state index in [-0.39, 0.29) is 5.91 Å². The van der Waals surface area contributed by atoms with Gasteiger partial charge in [-0.2, -0.15) is 0 Å². The van der Waals surface area contributed by atoms with Crippen LogP contribution in [0.4, 0.5) is 10.1 Å². The Morgan fingerprint density at radius 2 is 1.63 bits per heavy atom. The lowest BCUT2D eigenvalue weighted by Gasteiger charge is -2.10. The third-order valence-corrected chi connectivity index (χ3v) is 4.35. The highest BCUT2D eigenvalue weighted by Gasteiger charge is 2.14. The van der Waals surface area contributed by atoms with E-state index in [0.29, 0.717) is 15.7 Å². The quantitative estimate of drug-likeness (QED) is 0.653. The minimum absolute atomic E-state index is 0.320. The first-order valence-electron chi connectivity index (χ1n) is 5.19. The summed E-state index contributed by atoms with van der Waals surface area (Å²) in [5.74, 6) is -0.718. The summed E-state index contributed by atoms with van der Waals surface area (Å²) in [5.41, 5.74) is 0.993. The molecule has 0 saturated heterocycles. The zero-order valence-electron chi connectivity index (χ0n) is 9.38. The number of benzene rings is 2. The van der Waals surface area contributed by atoms with Gasteiger partial charge in [-0.05, 0) is 78.1 Å². The summed E-state index contributed by atoms with van der Waals surface area (Å²) in [6, 6.07) is 9.41. The predicted octanol–water partition coefficient (Wildman–Crippen LogP) is 5.37. The fraction of sp³-hybridized carbons (Fsp3) is 0. The van der Waals surface area contributed by atoms with E-state index < -0.39 is 5.82 Å². The van der Waals surface area contributed by atoms with E-state index in [1.54, 1.807) is 0 Å². The first-order valence-corrected chi connectivity index (χ1v) is 7.57. The Morgan fingerprint density at radius 1 is 1.00 bits per heavy atom. The molecule has 6 heteroatoms. The molecule has 1 amide bonds. The Hall–Kier alpha value is -0.720. The summed E-state index contributed by atoms with van der Waals surface area (Å²) in [6.07, 6.45) is 0. The summed E-state index contributed by atoms with van der Waals surface area (Å²) in [4.78, 5) is 12.1. The van der Waals surface area contributed by atoms with Gasteiger partial charge in [0.2, 0.25) is 0 Å². The van der Waals surface area contributed by atoms with Gasteiger partial charge < -0.3 is 5.32 Å². The minimum atomic E-state index is -0.398. The molecule has 1 N–H and O–H groups in total. The molecule has 0 spiro atoms. The van der Waals surface area contributed by atoms with Crippen LogP contribution in [-0.4, -0.2) is 5.91 Å². The smallest absolute Gasteiger partial charge is 0.256 e. The van der Waals surface area contributed by atoms with Gasteiger partial charge in [0.25, 0.3) is 5.91 Å². The van der Waals surface area contributed by atoms with Gasteiger partial charge in [0.1, 0.15) is 5.82 Å². The second-order valence-electron chi connectivity index (χ2n) is 3.67. The first kappa shape index (κ1) is 14.7. The fourth-order valence-electron chi connectivity index (χ4n) is 1.47. The lowest BCUT2D eigenvalue weighted by atomic mass is 10.2. The van der Waals surface area contributed by atoms with Crippen LogP contribution in [0.25, 0.3) is 0 Å². The lowest BCUT2D eigenvalue weighted by Crippen LogP contribution is -2.13. The maximum absolute atomic E-state index is 13.0. The van der Waals surface area contributed by atoms with E-state index in [9.17, 15) is 9.18 Å². The monoisotopic (exact) mass is 449 g/mol. The molecule has 0 aromatic heterocycles. The second kappa shape index (κ2) is 6.15. The van der Waals surface area contributed by atoms with E-state index >= 15 is 0 Å². The molecule has 0 aliphatic carbocycles. The molecule has 0 unspecified atom stereocenters. The zero-order valence-corrected chi connectivity index (χ0v) is 14.1. The Balaban J connectivity index is 2.31. The van der Waals surface area contributed by atoms with Crippen molar-refractivity contribution in [3.05, 3.63) is 61.2 Å². The van der Waals surface area contributed by atoms with Gasteiger partial charge in [-0.1, -0.05) is 6.07 Å². The Labute approximate surface area is 134 Å². The number of hydrogen-bond acceptors (Lipinski definition) is 1. The van der Waals surface area contributed by atoms with Crippen molar-refractivity contribution in [1.82, 2.24) is 0 Å². The third-order valence-electron chi connectivity index (χ3n) is 2.38. The van der Waals surface area contributed by atoms with Gasteiger partial charge >= 0.3 is 0 Å². The van der Waals surface area contributed by atoms with Gasteiger partial charge in [0.15, 0.2) is 0 Å². The highest BCUT2D eigenvalue weighted by Crippen LogP contribution is 2.31. The molecule has 0 bridgehead atoms.